The zero-order valence-electron chi connectivity index (χ0n) is 12.6. The second-order valence-corrected chi connectivity index (χ2v) is 5.18. The third-order valence-corrected chi connectivity index (χ3v) is 3.50. The van der Waals surface area contributed by atoms with Gasteiger partial charge in [-0.2, -0.15) is 0 Å². The molecule has 2 rings (SSSR count). The molecular weight excluding hydrogens is 289 g/mol. The van der Waals surface area contributed by atoms with E-state index in [4.69, 9.17) is 0 Å². The molecule has 0 bridgehead atoms. The normalized spacial score (nSPS) is 10.9. The number of nitrogens with one attached hydrogen (secondary N) is 1. The molecule has 0 aliphatic rings. The summed E-state index contributed by atoms with van der Waals surface area (Å²) in [4.78, 5) is 39.7. The third-order valence-electron chi connectivity index (χ3n) is 3.50. The van der Waals surface area contributed by atoms with Crippen molar-refractivity contribution in [1.82, 2.24) is 14.5 Å². The van der Waals surface area contributed by atoms with Crippen LogP contribution in [0, 0.1) is 5.82 Å². The second kappa shape index (κ2) is 6.55. The number of amides is 1. The highest BCUT2D eigenvalue weighted by Gasteiger charge is 2.14. The monoisotopic (exact) mass is 307 g/mol. The molecule has 22 heavy (non-hydrogen) atoms. The smallest absolute Gasteiger partial charge is 0.317 e. The van der Waals surface area contributed by atoms with Crippen LogP contribution in [0.3, 0.4) is 0 Å². The number of hydrogen-bond donors (Lipinski definition) is 1. The Labute approximate surface area is 126 Å². The van der Waals surface area contributed by atoms with E-state index in [0.717, 1.165) is 23.5 Å². The Balaban J connectivity index is 2.42. The molecule has 1 aromatic carbocycles. The van der Waals surface area contributed by atoms with Gasteiger partial charge in [0.15, 0.2) is 0 Å². The summed E-state index contributed by atoms with van der Waals surface area (Å²) in [6, 6.07) is 3.68. The maximum atomic E-state index is 13.2. The number of rotatable bonds is 5. The van der Waals surface area contributed by atoms with E-state index < -0.39 is 16.9 Å². The maximum absolute atomic E-state index is 13.2. The summed E-state index contributed by atoms with van der Waals surface area (Å²) < 4.78 is 14.3. The van der Waals surface area contributed by atoms with Crippen molar-refractivity contribution in [2.75, 3.05) is 13.6 Å². The molecule has 0 atom stereocenters. The number of carbonyl (C=O) groups excluding carboxylic acids is 1. The first-order valence-electron chi connectivity index (χ1n) is 7.10. The molecule has 1 heterocycles. The average Bonchev–Trinajstić information content (AvgIpc) is 2.48. The van der Waals surface area contributed by atoms with Crippen molar-refractivity contribution < 1.29 is 9.18 Å². The van der Waals surface area contributed by atoms with Crippen LogP contribution in [0.2, 0.25) is 0 Å². The largest absolute Gasteiger partial charge is 0.344 e. The number of unbranched alkanes of at least 4 members (excludes halogenated alkanes) is 1. The predicted octanol–water partition coefficient (Wildman–Crippen LogP) is 1.09. The number of benzene rings is 1. The summed E-state index contributed by atoms with van der Waals surface area (Å²) in [5.41, 5.74) is -1.18. The lowest BCUT2D eigenvalue weighted by atomic mass is 10.2. The van der Waals surface area contributed by atoms with Gasteiger partial charge in [-0.05, 0) is 24.6 Å². The highest BCUT2D eigenvalue weighted by Crippen LogP contribution is 2.10. The highest BCUT2D eigenvalue weighted by atomic mass is 19.1. The molecule has 0 unspecified atom stereocenters. The molecule has 0 radical (unpaired) electrons. The fraction of sp³-hybridized carbons (Fsp3) is 0.400. The number of nitrogens with zero attached hydrogens (tertiary/aromatic N) is 2. The summed E-state index contributed by atoms with van der Waals surface area (Å²) in [5.74, 6) is -0.800. The minimum Gasteiger partial charge on any atom is -0.344 e. The zero-order valence-corrected chi connectivity index (χ0v) is 12.6. The van der Waals surface area contributed by atoms with E-state index in [1.807, 2.05) is 6.92 Å². The van der Waals surface area contributed by atoms with E-state index in [0.29, 0.717) is 12.1 Å². The molecule has 1 aromatic heterocycles. The molecular formula is C15H18FN3O3. The Kier molecular flexibility index (Phi) is 4.75. The average molecular weight is 307 g/mol. The molecule has 0 saturated carbocycles. The summed E-state index contributed by atoms with van der Waals surface area (Å²) in [6.45, 7) is 2.35. The maximum Gasteiger partial charge on any atom is 0.317 e. The van der Waals surface area contributed by atoms with Gasteiger partial charge in [-0.3, -0.25) is 19.0 Å². The molecule has 6 nitrogen and oxygen atoms in total. The van der Waals surface area contributed by atoms with Crippen molar-refractivity contribution in [2.45, 2.75) is 26.3 Å². The van der Waals surface area contributed by atoms with Gasteiger partial charge in [-0.25, -0.2) is 4.39 Å². The third kappa shape index (κ3) is 3.24. The van der Waals surface area contributed by atoms with Crippen molar-refractivity contribution in [3.05, 3.63) is 44.7 Å². The number of fused-ring (bicyclic) bond motifs is 1. The van der Waals surface area contributed by atoms with Crippen LogP contribution in [0.5, 0.6) is 0 Å². The number of hydrogen-bond acceptors (Lipinski definition) is 3. The van der Waals surface area contributed by atoms with Gasteiger partial charge < -0.3 is 9.88 Å². The van der Waals surface area contributed by atoms with E-state index in [2.05, 4.69) is 4.98 Å². The SMILES string of the molecule is CCCCN(C)C(=O)Cn1c(=O)c(=O)[nH]c2cc(F)ccc21. The number of H-pyrrole nitrogens is 1. The molecule has 7 heteroatoms. The topological polar surface area (TPSA) is 75.2 Å². The van der Waals surface area contributed by atoms with Crippen LogP contribution in [0.15, 0.2) is 27.8 Å². The summed E-state index contributed by atoms with van der Waals surface area (Å²) in [7, 11) is 1.65. The molecule has 0 aliphatic carbocycles. The molecule has 1 amide bonds. The lowest BCUT2D eigenvalue weighted by Crippen LogP contribution is -2.40. The minimum atomic E-state index is -0.873. The number of carbonyl (C=O) groups is 1. The van der Waals surface area contributed by atoms with E-state index >= 15 is 0 Å². The van der Waals surface area contributed by atoms with Crippen LogP contribution < -0.4 is 11.1 Å². The molecule has 118 valence electrons. The van der Waals surface area contributed by atoms with E-state index in [-0.39, 0.29) is 18.0 Å². The van der Waals surface area contributed by atoms with Gasteiger partial charge in [0.2, 0.25) is 5.91 Å². The number of likely N-dealkylation sites (N-methyl/N-ethyl adjacent to an activating group) is 1. The zero-order chi connectivity index (χ0) is 16.3. The quantitative estimate of drug-likeness (QED) is 0.840. The van der Waals surface area contributed by atoms with Crippen LogP contribution in [-0.4, -0.2) is 34.0 Å². The van der Waals surface area contributed by atoms with Crippen molar-refractivity contribution in [3.63, 3.8) is 0 Å². The number of aromatic nitrogens is 2. The molecule has 2 aromatic rings. The minimum absolute atomic E-state index is 0.189. The number of aromatic amines is 1. The first-order chi connectivity index (χ1) is 10.4. The van der Waals surface area contributed by atoms with Gasteiger partial charge in [0.1, 0.15) is 12.4 Å². The van der Waals surface area contributed by atoms with Crippen molar-refractivity contribution >= 4 is 16.9 Å². The lowest BCUT2D eigenvalue weighted by molar-refractivity contribution is -0.130. The second-order valence-electron chi connectivity index (χ2n) is 5.18. The van der Waals surface area contributed by atoms with Crippen LogP contribution in [0.25, 0.3) is 11.0 Å². The van der Waals surface area contributed by atoms with Crippen molar-refractivity contribution in [2.24, 2.45) is 0 Å². The fourth-order valence-electron chi connectivity index (χ4n) is 2.18. The molecule has 0 aliphatic heterocycles. The Bertz CT molecular complexity index is 810. The summed E-state index contributed by atoms with van der Waals surface area (Å²) in [5, 5.41) is 0. The number of halogens is 1. The van der Waals surface area contributed by atoms with Gasteiger partial charge in [0.25, 0.3) is 0 Å². The van der Waals surface area contributed by atoms with Crippen LogP contribution >= 0.6 is 0 Å². The van der Waals surface area contributed by atoms with Gasteiger partial charge in [0.05, 0.1) is 11.0 Å². The van der Waals surface area contributed by atoms with E-state index in [9.17, 15) is 18.8 Å². The Morgan fingerprint density at radius 1 is 1.36 bits per heavy atom. The molecule has 0 fully saturated rings. The van der Waals surface area contributed by atoms with Crippen LogP contribution in [0.1, 0.15) is 19.8 Å². The Morgan fingerprint density at radius 3 is 2.77 bits per heavy atom. The molecule has 1 N–H and O–H groups in total. The van der Waals surface area contributed by atoms with E-state index in [1.165, 1.54) is 17.0 Å². The molecule has 0 spiro atoms. The standard InChI is InChI=1S/C15H18FN3O3/c1-3-4-7-18(2)13(20)9-19-12-6-5-10(16)8-11(12)17-14(21)15(19)22/h5-6,8H,3-4,7,9H2,1-2H3,(H,17,21). The van der Waals surface area contributed by atoms with Crippen LogP contribution in [-0.2, 0) is 11.3 Å². The summed E-state index contributed by atoms with van der Waals surface area (Å²) in [6.07, 6.45) is 1.81. The van der Waals surface area contributed by atoms with E-state index in [1.54, 1.807) is 7.05 Å². The lowest BCUT2D eigenvalue weighted by Gasteiger charge is -2.18. The first kappa shape index (κ1) is 15.9. The summed E-state index contributed by atoms with van der Waals surface area (Å²) >= 11 is 0. The van der Waals surface area contributed by atoms with Crippen molar-refractivity contribution in [1.29, 1.82) is 0 Å². The Morgan fingerprint density at radius 2 is 2.09 bits per heavy atom. The fourth-order valence-corrected chi connectivity index (χ4v) is 2.18. The first-order valence-corrected chi connectivity index (χ1v) is 7.10. The predicted molar refractivity (Wildman–Crippen MR) is 81.3 cm³/mol. The van der Waals surface area contributed by atoms with Gasteiger partial charge in [0, 0.05) is 13.6 Å². The molecule has 0 saturated heterocycles. The van der Waals surface area contributed by atoms with Crippen LogP contribution in [0.4, 0.5) is 4.39 Å². The highest BCUT2D eigenvalue weighted by molar-refractivity contribution is 5.79. The van der Waals surface area contributed by atoms with Crippen molar-refractivity contribution in [3.8, 4) is 0 Å². The Hall–Kier alpha value is -2.44. The van der Waals surface area contributed by atoms with Gasteiger partial charge in [-0.15, -0.1) is 0 Å². The van der Waals surface area contributed by atoms with Gasteiger partial charge in [-0.1, -0.05) is 13.3 Å². The van der Waals surface area contributed by atoms with Gasteiger partial charge >= 0.3 is 11.1 Å².